The second kappa shape index (κ2) is 26.0. The molecule has 0 saturated heterocycles. The fraction of sp³-hybridized carbons (Fsp3) is 0. The summed E-state index contributed by atoms with van der Waals surface area (Å²) in [6.07, 6.45) is 0. The zero-order chi connectivity index (χ0) is 6.28. The minimum atomic E-state index is -1.75. The number of quaternary nitrogens is 1. The molecule has 6 nitrogen and oxygen atoms in total. The molecule has 0 aliphatic rings. The van der Waals surface area contributed by atoms with E-state index in [0.717, 1.165) is 0 Å². The molecule has 8 heteroatoms. The van der Waals surface area contributed by atoms with Gasteiger partial charge in [-0.3, -0.25) is 0 Å². The number of hydrogen-bond acceptors (Lipinski definition) is 4. The molecule has 0 aromatic carbocycles. The van der Waals surface area contributed by atoms with E-state index in [4.69, 9.17) is 20.7 Å². The molecule has 0 unspecified atom stereocenters. The molecule has 57 valence electrons. The second-order valence-corrected chi connectivity index (χ2v) is 0.497. The van der Waals surface area contributed by atoms with E-state index in [1.165, 1.54) is 5.16 Å². The Hall–Kier alpha value is -0.534. The molecule has 0 aliphatic heterocycles. The molecule has 0 amide bonds. The molecule has 0 fully saturated rings. The van der Waals surface area contributed by atoms with E-state index >= 15 is 0 Å². The predicted molar refractivity (Wildman–Crippen MR) is 32.3 cm³/mol. The molecule has 0 atom stereocenters. The van der Waals surface area contributed by atoms with Crippen LogP contribution in [0.3, 0.4) is 0 Å². The smallest absolute Gasteiger partial charge is 0.0689 e. The largest absolute Gasteiger partial charge is 0.753 e. The van der Waals surface area contributed by atoms with Gasteiger partial charge in [0.1, 0.15) is 0 Å². The van der Waals surface area contributed by atoms with Crippen LogP contribution >= 0.6 is 12.2 Å². The van der Waals surface area contributed by atoms with Crippen molar-refractivity contribution in [3.63, 3.8) is 0 Å². The Bertz CT molecular complexity index is 87.1. The quantitative estimate of drug-likeness (QED) is 0.266. The van der Waals surface area contributed by atoms with Gasteiger partial charge in [-0.05, 0) is 0 Å². The van der Waals surface area contributed by atoms with Gasteiger partial charge in [0.05, 0.1) is 5.09 Å². The molecule has 0 rings (SSSR count). The van der Waals surface area contributed by atoms with Crippen molar-refractivity contribution in [2.45, 2.75) is 0 Å². The Balaban J connectivity index is -0.0000000233. The molecule has 1 radical (unpaired) electrons. The number of rotatable bonds is 0. The van der Waals surface area contributed by atoms with Gasteiger partial charge in [-0.1, -0.05) is 12.2 Å². The van der Waals surface area contributed by atoms with E-state index in [1.807, 2.05) is 0 Å². The maximum absolute atomic E-state index is 8.25. The van der Waals surface area contributed by atoms with Crippen molar-refractivity contribution in [2.24, 2.45) is 0 Å². The van der Waals surface area contributed by atoms with E-state index in [1.54, 1.807) is 0 Å². The second-order valence-electron chi connectivity index (χ2n) is 0.315. The molecule has 9 heavy (non-hydrogen) atoms. The molecular formula is CH4CoN3O3S-. The minimum absolute atomic E-state index is 0. The number of hydrogen-bond donors (Lipinski definition) is 1. The molecule has 0 bridgehead atoms. The van der Waals surface area contributed by atoms with E-state index in [-0.39, 0.29) is 22.9 Å². The average Bonchev–Trinajstić information content (AvgIpc) is 1.33. The third-order valence-corrected chi connectivity index (χ3v) is 0. The van der Waals surface area contributed by atoms with Gasteiger partial charge in [0.25, 0.3) is 0 Å². The van der Waals surface area contributed by atoms with E-state index in [9.17, 15) is 0 Å². The SMILES string of the molecule is O=[N+]([O-])[O-].[Co].[N-]=C=S.[NH4+]. The van der Waals surface area contributed by atoms with Crippen LogP contribution in [-0.4, -0.2) is 10.2 Å². The van der Waals surface area contributed by atoms with Gasteiger partial charge < -0.3 is 26.9 Å². The first-order chi connectivity index (χ1) is 3.15. The standard InChI is InChI=1S/CNS.Co.NO3.H3N/c2-1-3;;2-1(3)4;/h;;;1H3/q-1;;-1;/p+1. The van der Waals surface area contributed by atoms with Gasteiger partial charge >= 0.3 is 0 Å². The Labute approximate surface area is 66.6 Å². The van der Waals surface area contributed by atoms with Crippen LogP contribution in [-0.2, 0) is 16.8 Å². The maximum Gasteiger partial charge on any atom is 0.0689 e. The normalized spacial score (nSPS) is 3.56. The zero-order valence-corrected chi connectivity index (χ0v) is 6.22. The summed E-state index contributed by atoms with van der Waals surface area (Å²) in [5.74, 6) is 0. The third kappa shape index (κ3) is 784. The van der Waals surface area contributed by atoms with Crippen molar-refractivity contribution in [3.05, 3.63) is 20.7 Å². The van der Waals surface area contributed by atoms with Crippen LogP contribution in [0.1, 0.15) is 0 Å². The summed E-state index contributed by atoms with van der Waals surface area (Å²) < 4.78 is 0. The van der Waals surface area contributed by atoms with Gasteiger partial charge in [-0.2, -0.15) is 5.16 Å². The first kappa shape index (κ1) is 23.7. The fourth-order valence-corrected chi connectivity index (χ4v) is 0. The molecule has 0 saturated carbocycles. The summed E-state index contributed by atoms with van der Waals surface area (Å²) in [5, 5.41) is 23.2. The van der Waals surface area contributed by atoms with Gasteiger partial charge in [0.2, 0.25) is 0 Å². The summed E-state index contributed by atoms with van der Waals surface area (Å²) >= 11 is 3.70. The van der Waals surface area contributed by atoms with Crippen molar-refractivity contribution in [3.8, 4) is 0 Å². The Morgan fingerprint density at radius 3 is 1.56 bits per heavy atom. The predicted octanol–water partition coefficient (Wildman–Crippen LogP) is 0.793. The molecule has 4 N–H and O–H groups in total. The summed E-state index contributed by atoms with van der Waals surface area (Å²) in [6.45, 7) is 0. The fourth-order valence-electron chi connectivity index (χ4n) is 0. The monoisotopic (exact) mass is 197 g/mol. The van der Waals surface area contributed by atoms with Crippen molar-refractivity contribution in [1.29, 1.82) is 0 Å². The average molecular weight is 197 g/mol. The zero-order valence-electron chi connectivity index (χ0n) is 4.36. The summed E-state index contributed by atoms with van der Waals surface area (Å²) in [5.41, 5.74) is 0. The number of nitrogens with zero attached hydrogens (tertiary/aromatic N) is 2. The van der Waals surface area contributed by atoms with Gasteiger partial charge in [-0.15, -0.1) is 0 Å². The molecule has 0 aliphatic carbocycles. The molecule has 0 spiro atoms. The Morgan fingerprint density at radius 1 is 1.56 bits per heavy atom. The Morgan fingerprint density at radius 2 is 1.56 bits per heavy atom. The molecule has 0 aromatic heterocycles. The van der Waals surface area contributed by atoms with E-state index in [0.29, 0.717) is 0 Å². The van der Waals surface area contributed by atoms with Crippen LogP contribution < -0.4 is 6.15 Å². The first-order valence-corrected chi connectivity index (χ1v) is 1.38. The summed E-state index contributed by atoms with van der Waals surface area (Å²) in [4.78, 5) is 8.25. The van der Waals surface area contributed by atoms with Gasteiger partial charge in [-0.25, -0.2) is 0 Å². The van der Waals surface area contributed by atoms with E-state index < -0.39 is 5.09 Å². The van der Waals surface area contributed by atoms with Crippen molar-refractivity contribution < 1.29 is 21.9 Å². The van der Waals surface area contributed by atoms with Crippen LogP contribution in [0.5, 0.6) is 0 Å². The van der Waals surface area contributed by atoms with Crippen molar-refractivity contribution in [2.75, 3.05) is 0 Å². The van der Waals surface area contributed by atoms with E-state index in [2.05, 4.69) is 12.2 Å². The van der Waals surface area contributed by atoms with Gasteiger partial charge in [0, 0.05) is 16.8 Å². The van der Waals surface area contributed by atoms with Crippen LogP contribution in [0, 0.1) is 15.3 Å². The maximum atomic E-state index is 8.25. The van der Waals surface area contributed by atoms with Crippen LogP contribution in [0.2, 0.25) is 0 Å². The topological polar surface area (TPSA) is 125 Å². The van der Waals surface area contributed by atoms with Crippen LogP contribution in [0.15, 0.2) is 0 Å². The van der Waals surface area contributed by atoms with Crippen LogP contribution in [0.4, 0.5) is 0 Å². The molecule has 0 heterocycles. The number of isothiocyanates is 1. The molecular weight excluding hydrogens is 193 g/mol. The van der Waals surface area contributed by atoms with Crippen molar-refractivity contribution in [1.82, 2.24) is 6.15 Å². The minimum Gasteiger partial charge on any atom is -0.753 e. The third-order valence-electron chi connectivity index (χ3n) is 0. The Kier molecular flexibility index (Phi) is 68.3. The molecule has 0 aromatic rings. The summed E-state index contributed by atoms with van der Waals surface area (Å²) in [6, 6.07) is 0. The van der Waals surface area contributed by atoms with Crippen LogP contribution in [0.25, 0.3) is 5.41 Å². The summed E-state index contributed by atoms with van der Waals surface area (Å²) in [7, 11) is 0. The number of thiocarbonyl (C=S) groups is 1. The van der Waals surface area contributed by atoms with Gasteiger partial charge in [0.15, 0.2) is 0 Å². The first-order valence-electron chi connectivity index (χ1n) is 0.975. The van der Waals surface area contributed by atoms with Crippen molar-refractivity contribution >= 4 is 17.4 Å².